The lowest BCUT2D eigenvalue weighted by Gasteiger charge is -2.17. The fraction of sp³-hybridized carbons (Fsp3) is 0.368. The molecular weight excluding hydrogens is 326 g/mol. The van der Waals surface area contributed by atoms with Gasteiger partial charge in [0.15, 0.2) is 11.5 Å². The van der Waals surface area contributed by atoms with E-state index in [1.54, 1.807) is 0 Å². The molecule has 4 nitrogen and oxygen atoms in total. The van der Waals surface area contributed by atoms with Crippen LogP contribution in [-0.2, 0) is 13.2 Å². The molecule has 0 aliphatic rings. The first-order chi connectivity index (χ1) is 11.8. The van der Waals surface area contributed by atoms with E-state index in [0.29, 0.717) is 24.8 Å². The van der Waals surface area contributed by atoms with E-state index in [1.807, 2.05) is 49.4 Å². The van der Waals surface area contributed by atoms with Crippen LogP contribution in [0.3, 0.4) is 0 Å². The smallest absolute Gasteiger partial charge is 0.166 e. The van der Waals surface area contributed by atoms with E-state index in [1.165, 1.54) is 0 Å². The van der Waals surface area contributed by atoms with Gasteiger partial charge < -0.3 is 19.9 Å². The predicted molar refractivity (Wildman–Crippen MR) is 96.8 cm³/mol. The number of benzene rings is 2. The van der Waals surface area contributed by atoms with Crippen LogP contribution in [0.4, 0.5) is 0 Å². The number of nitrogens with one attached hydrogen (secondary N) is 1. The van der Waals surface area contributed by atoms with E-state index in [0.717, 1.165) is 35.6 Å². The Morgan fingerprint density at radius 1 is 1.04 bits per heavy atom. The second-order valence-electron chi connectivity index (χ2n) is 5.31. The lowest BCUT2D eigenvalue weighted by molar-refractivity contribution is 0.265. The van der Waals surface area contributed by atoms with Crippen molar-refractivity contribution in [3.05, 3.63) is 58.6 Å². The quantitative estimate of drug-likeness (QED) is 0.641. The number of para-hydroxylation sites is 1. The third kappa shape index (κ3) is 5.41. The first-order valence-corrected chi connectivity index (χ1v) is 8.56. The molecule has 5 heteroatoms. The van der Waals surface area contributed by atoms with Gasteiger partial charge >= 0.3 is 0 Å². The molecule has 0 spiro atoms. The maximum Gasteiger partial charge on any atom is 0.166 e. The van der Waals surface area contributed by atoms with Crippen molar-refractivity contribution in [3.63, 3.8) is 0 Å². The Hall–Kier alpha value is -1.75. The highest BCUT2D eigenvalue weighted by Crippen LogP contribution is 2.32. The maximum atomic E-state index is 8.87. The van der Waals surface area contributed by atoms with Crippen molar-refractivity contribution in [2.24, 2.45) is 0 Å². The average molecular weight is 350 g/mol. The van der Waals surface area contributed by atoms with Gasteiger partial charge in [-0.15, -0.1) is 0 Å². The Morgan fingerprint density at radius 2 is 1.83 bits per heavy atom. The van der Waals surface area contributed by atoms with E-state index < -0.39 is 0 Å². The van der Waals surface area contributed by atoms with E-state index >= 15 is 0 Å². The minimum Gasteiger partial charge on any atom is -0.490 e. The molecule has 0 radical (unpaired) electrons. The van der Waals surface area contributed by atoms with Crippen molar-refractivity contribution in [1.82, 2.24) is 5.32 Å². The fourth-order valence-corrected chi connectivity index (χ4v) is 2.52. The second-order valence-corrected chi connectivity index (χ2v) is 5.72. The molecule has 0 saturated carbocycles. The number of hydrogen-bond donors (Lipinski definition) is 2. The lowest BCUT2D eigenvalue weighted by atomic mass is 10.1. The zero-order valence-corrected chi connectivity index (χ0v) is 14.7. The standard InChI is InChI=1S/C19H24ClNO3/c1-2-23-18-10-5-8-15(13-21-11-6-12-22)19(18)24-14-16-7-3-4-9-17(16)20/h3-5,7-10,21-22H,2,6,11-14H2,1H3. The van der Waals surface area contributed by atoms with Crippen LogP contribution in [0.2, 0.25) is 5.02 Å². The number of aliphatic hydroxyl groups excluding tert-OH is 1. The van der Waals surface area contributed by atoms with Gasteiger partial charge in [0.05, 0.1) is 6.61 Å². The zero-order chi connectivity index (χ0) is 17.2. The molecule has 0 bridgehead atoms. The van der Waals surface area contributed by atoms with Crippen molar-refractivity contribution < 1.29 is 14.6 Å². The number of aliphatic hydroxyl groups is 1. The van der Waals surface area contributed by atoms with Crippen molar-refractivity contribution in [1.29, 1.82) is 0 Å². The van der Waals surface area contributed by atoms with Crippen molar-refractivity contribution in [3.8, 4) is 11.5 Å². The summed E-state index contributed by atoms with van der Waals surface area (Å²) in [6, 6.07) is 13.5. The van der Waals surface area contributed by atoms with Gasteiger partial charge in [0.2, 0.25) is 0 Å². The van der Waals surface area contributed by atoms with Crippen LogP contribution < -0.4 is 14.8 Å². The zero-order valence-electron chi connectivity index (χ0n) is 13.9. The van der Waals surface area contributed by atoms with E-state index in [2.05, 4.69) is 5.32 Å². The van der Waals surface area contributed by atoms with Gasteiger partial charge in [0, 0.05) is 29.3 Å². The molecule has 24 heavy (non-hydrogen) atoms. The van der Waals surface area contributed by atoms with E-state index in [9.17, 15) is 0 Å². The summed E-state index contributed by atoms with van der Waals surface area (Å²) in [5.74, 6) is 1.46. The summed E-state index contributed by atoms with van der Waals surface area (Å²) in [5, 5.41) is 12.9. The topological polar surface area (TPSA) is 50.7 Å². The number of hydrogen-bond acceptors (Lipinski definition) is 4. The molecule has 0 aliphatic heterocycles. The Labute approximate surface area is 148 Å². The molecule has 0 atom stereocenters. The summed E-state index contributed by atoms with van der Waals surface area (Å²) in [6.45, 7) is 4.49. The second kappa shape index (κ2) is 10.2. The molecule has 2 aromatic rings. The predicted octanol–water partition coefficient (Wildman–Crippen LogP) is 3.79. The van der Waals surface area contributed by atoms with Crippen LogP contribution in [-0.4, -0.2) is 24.9 Å². The molecule has 130 valence electrons. The van der Waals surface area contributed by atoms with Gasteiger partial charge in [-0.05, 0) is 32.0 Å². The van der Waals surface area contributed by atoms with Crippen LogP contribution in [0.1, 0.15) is 24.5 Å². The highest BCUT2D eigenvalue weighted by Gasteiger charge is 2.12. The van der Waals surface area contributed by atoms with Crippen molar-refractivity contribution >= 4 is 11.6 Å². The molecule has 2 N–H and O–H groups in total. The molecule has 0 amide bonds. The SMILES string of the molecule is CCOc1cccc(CNCCCO)c1OCc1ccccc1Cl. The maximum absolute atomic E-state index is 8.87. The Bertz CT molecular complexity index is 634. The molecule has 0 saturated heterocycles. The highest BCUT2D eigenvalue weighted by molar-refractivity contribution is 6.31. The minimum absolute atomic E-state index is 0.182. The Kier molecular flexibility index (Phi) is 7.89. The van der Waals surface area contributed by atoms with Gasteiger partial charge in [0.1, 0.15) is 6.61 Å². The van der Waals surface area contributed by atoms with Crippen molar-refractivity contribution in [2.45, 2.75) is 26.5 Å². The van der Waals surface area contributed by atoms with Gasteiger partial charge in [-0.1, -0.05) is 41.9 Å². The first-order valence-electron chi connectivity index (χ1n) is 8.18. The largest absolute Gasteiger partial charge is 0.490 e. The van der Waals surface area contributed by atoms with Crippen LogP contribution in [0, 0.1) is 0 Å². The summed E-state index contributed by atoms with van der Waals surface area (Å²) >= 11 is 6.20. The van der Waals surface area contributed by atoms with Gasteiger partial charge in [-0.2, -0.15) is 0 Å². The molecule has 0 unspecified atom stereocenters. The summed E-state index contributed by atoms with van der Waals surface area (Å²) < 4.78 is 11.7. The van der Waals surface area contributed by atoms with Crippen LogP contribution in [0.5, 0.6) is 11.5 Å². The molecule has 2 aromatic carbocycles. The Morgan fingerprint density at radius 3 is 2.58 bits per heavy atom. The summed E-state index contributed by atoms with van der Waals surface area (Å²) in [6.07, 6.45) is 0.723. The monoisotopic (exact) mass is 349 g/mol. The average Bonchev–Trinajstić information content (AvgIpc) is 2.59. The molecule has 0 fully saturated rings. The van der Waals surface area contributed by atoms with Crippen molar-refractivity contribution in [2.75, 3.05) is 19.8 Å². The van der Waals surface area contributed by atoms with Crippen LogP contribution >= 0.6 is 11.6 Å². The fourth-order valence-electron chi connectivity index (χ4n) is 2.33. The minimum atomic E-state index is 0.182. The normalized spacial score (nSPS) is 10.6. The van der Waals surface area contributed by atoms with Gasteiger partial charge in [-0.25, -0.2) is 0 Å². The third-order valence-electron chi connectivity index (χ3n) is 3.52. The number of halogens is 1. The van der Waals surface area contributed by atoms with Crippen LogP contribution in [0.15, 0.2) is 42.5 Å². The molecule has 2 rings (SSSR count). The van der Waals surface area contributed by atoms with E-state index in [4.69, 9.17) is 26.2 Å². The summed E-state index contributed by atoms with van der Waals surface area (Å²) in [5.41, 5.74) is 1.95. The number of ether oxygens (including phenoxy) is 2. The van der Waals surface area contributed by atoms with E-state index in [-0.39, 0.29) is 6.61 Å². The summed E-state index contributed by atoms with van der Waals surface area (Å²) in [4.78, 5) is 0. The van der Waals surface area contributed by atoms with Crippen LogP contribution in [0.25, 0.3) is 0 Å². The molecule has 0 aliphatic carbocycles. The highest BCUT2D eigenvalue weighted by atomic mass is 35.5. The summed E-state index contributed by atoms with van der Waals surface area (Å²) in [7, 11) is 0. The first kappa shape index (κ1) is 18.6. The number of rotatable bonds is 10. The lowest BCUT2D eigenvalue weighted by Crippen LogP contribution is -2.16. The molecular formula is C19H24ClNO3. The third-order valence-corrected chi connectivity index (χ3v) is 3.89. The Balaban J connectivity index is 2.13. The van der Waals surface area contributed by atoms with Gasteiger partial charge in [-0.3, -0.25) is 0 Å². The van der Waals surface area contributed by atoms with Gasteiger partial charge in [0.25, 0.3) is 0 Å². The molecule has 0 aromatic heterocycles. The molecule has 0 heterocycles.